The van der Waals surface area contributed by atoms with Crippen LogP contribution >= 0.6 is 0 Å². The smallest absolute Gasteiger partial charge is 0.257 e. The topological polar surface area (TPSA) is 23.0 Å². The minimum absolute atomic E-state index is 0.111. The number of para-hydroxylation sites is 4. The molecule has 0 aliphatic carbocycles. The Labute approximate surface area is 205 Å². The first-order valence-electron chi connectivity index (χ1n) is 12.5. The van der Waals surface area contributed by atoms with Gasteiger partial charge >= 0.3 is 0 Å². The molecule has 164 valence electrons. The summed E-state index contributed by atoms with van der Waals surface area (Å²) in [7, 11) is 0. The monoisotopic (exact) mass is 456 g/mol. The zero-order valence-corrected chi connectivity index (χ0v) is 19.2. The quantitative estimate of drug-likeness (QED) is 0.266. The van der Waals surface area contributed by atoms with Crippen molar-refractivity contribution < 1.29 is 4.42 Å². The Morgan fingerprint density at radius 1 is 0.528 bits per heavy atom. The predicted octanol–water partition coefficient (Wildman–Crippen LogP) is 5.77. The molecule has 3 nitrogen and oxygen atoms in total. The molecule has 0 saturated heterocycles. The van der Waals surface area contributed by atoms with Crippen molar-refractivity contribution in [2.24, 2.45) is 0 Å². The average Bonchev–Trinajstić information content (AvgIpc) is 3.59. The molecule has 3 aromatic heterocycles. The number of fused-ring (bicyclic) bond motifs is 14. The highest BCUT2D eigenvalue weighted by molar-refractivity contribution is 7.01. The van der Waals surface area contributed by atoms with E-state index in [1.165, 1.54) is 71.1 Å². The molecule has 0 amide bonds. The fourth-order valence-corrected chi connectivity index (χ4v) is 7.23. The predicted molar refractivity (Wildman–Crippen MR) is 150 cm³/mol. The second kappa shape index (κ2) is 5.75. The molecule has 5 aromatic carbocycles. The lowest BCUT2D eigenvalue weighted by Crippen LogP contribution is -2.58. The third-order valence-corrected chi connectivity index (χ3v) is 8.51. The molecule has 10 rings (SSSR count). The van der Waals surface area contributed by atoms with Crippen molar-refractivity contribution in [3.63, 3.8) is 0 Å². The van der Waals surface area contributed by atoms with Gasteiger partial charge in [0.2, 0.25) is 5.88 Å². The van der Waals surface area contributed by atoms with E-state index in [1.54, 1.807) is 0 Å². The van der Waals surface area contributed by atoms with E-state index in [4.69, 9.17) is 4.42 Å². The number of furan rings is 1. The molecule has 0 fully saturated rings. The Balaban J connectivity index is 1.60. The van der Waals surface area contributed by atoms with E-state index in [1.807, 2.05) is 0 Å². The summed E-state index contributed by atoms with van der Waals surface area (Å²) in [4.78, 5) is 0. The zero-order chi connectivity index (χ0) is 23.1. The van der Waals surface area contributed by atoms with Crippen molar-refractivity contribution >= 4 is 77.7 Å². The number of aromatic nitrogens is 2. The average molecular weight is 456 g/mol. The summed E-state index contributed by atoms with van der Waals surface area (Å²) in [6, 6.07) is 37.5. The minimum atomic E-state index is 0.111. The highest BCUT2D eigenvalue weighted by Gasteiger charge is 2.43. The Hall–Kier alpha value is -4.70. The Bertz CT molecular complexity index is 2280. The van der Waals surface area contributed by atoms with Crippen LogP contribution < -0.4 is 16.4 Å². The van der Waals surface area contributed by atoms with Gasteiger partial charge in [0.1, 0.15) is 5.58 Å². The summed E-state index contributed by atoms with van der Waals surface area (Å²) in [5.74, 6) is 0.957. The molecule has 36 heavy (non-hydrogen) atoms. The van der Waals surface area contributed by atoms with Crippen LogP contribution in [0.15, 0.2) is 108 Å². The van der Waals surface area contributed by atoms with E-state index in [9.17, 15) is 0 Å². The van der Waals surface area contributed by atoms with Gasteiger partial charge in [-0.3, -0.25) is 4.57 Å². The van der Waals surface area contributed by atoms with E-state index in [-0.39, 0.29) is 6.71 Å². The van der Waals surface area contributed by atoms with Crippen molar-refractivity contribution in [1.29, 1.82) is 0 Å². The molecule has 4 heteroatoms. The van der Waals surface area contributed by atoms with Crippen molar-refractivity contribution in [2.45, 2.75) is 0 Å². The van der Waals surface area contributed by atoms with Gasteiger partial charge in [-0.05, 0) is 41.3 Å². The minimum Gasteiger partial charge on any atom is -0.440 e. The first-order valence-corrected chi connectivity index (χ1v) is 12.5. The van der Waals surface area contributed by atoms with Gasteiger partial charge in [-0.15, -0.1) is 0 Å². The van der Waals surface area contributed by atoms with Gasteiger partial charge in [-0.1, -0.05) is 72.8 Å². The van der Waals surface area contributed by atoms with Crippen LogP contribution in [0.2, 0.25) is 0 Å². The largest absolute Gasteiger partial charge is 0.440 e. The number of nitrogens with zero attached hydrogens (tertiary/aromatic N) is 2. The third-order valence-electron chi connectivity index (χ3n) is 8.51. The second-order valence-corrected chi connectivity index (χ2v) is 10.1. The summed E-state index contributed by atoms with van der Waals surface area (Å²) >= 11 is 0. The summed E-state index contributed by atoms with van der Waals surface area (Å²) in [6.07, 6.45) is 0. The molecular weight excluding hydrogens is 439 g/mol. The van der Waals surface area contributed by atoms with Gasteiger partial charge < -0.3 is 8.98 Å². The van der Waals surface area contributed by atoms with Crippen molar-refractivity contribution in [2.75, 3.05) is 0 Å². The first-order chi connectivity index (χ1) is 17.9. The molecule has 0 N–H and O–H groups in total. The van der Waals surface area contributed by atoms with Crippen molar-refractivity contribution in [3.8, 4) is 11.6 Å². The second-order valence-electron chi connectivity index (χ2n) is 10.1. The number of rotatable bonds is 0. The van der Waals surface area contributed by atoms with E-state index in [2.05, 4.69) is 112 Å². The molecule has 0 spiro atoms. The van der Waals surface area contributed by atoms with Crippen LogP contribution in [-0.4, -0.2) is 15.8 Å². The van der Waals surface area contributed by atoms with Crippen molar-refractivity contribution in [1.82, 2.24) is 9.13 Å². The van der Waals surface area contributed by atoms with Crippen LogP contribution in [0, 0.1) is 0 Å². The summed E-state index contributed by atoms with van der Waals surface area (Å²) < 4.78 is 11.6. The summed E-state index contributed by atoms with van der Waals surface area (Å²) in [5, 5.41) is 6.40. The highest BCUT2D eigenvalue weighted by Crippen LogP contribution is 2.42. The molecule has 5 heterocycles. The standard InChI is InChI=1S/C32H17BN2O/c1-5-13-24-18(9-1)21-17-22-19-10-2-6-14-25(19)35-31(22)29-30(21)34(24)26-15-7-4-12-23(26)33(29)28-20-11-3-8-16-27(20)36-32(28)35/h1-17H. The van der Waals surface area contributed by atoms with Gasteiger partial charge in [0.25, 0.3) is 6.71 Å². The van der Waals surface area contributed by atoms with E-state index >= 15 is 0 Å². The van der Waals surface area contributed by atoms with E-state index in [0.717, 1.165) is 11.5 Å². The van der Waals surface area contributed by atoms with Crippen LogP contribution in [0.3, 0.4) is 0 Å². The molecule has 2 aliphatic heterocycles. The van der Waals surface area contributed by atoms with Crippen LogP contribution in [0.5, 0.6) is 0 Å². The molecule has 0 unspecified atom stereocenters. The van der Waals surface area contributed by atoms with Crippen LogP contribution in [0.25, 0.3) is 66.2 Å². The number of hydrogen-bond acceptors (Lipinski definition) is 1. The van der Waals surface area contributed by atoms with E-state index in [0.29, 0.717) is 0 Å². The van der Waals surface area contributed by atoms with Gasteiger partial charge in [0.15, 0.2) is 0 Å². The lowest BCUT2D eigenvalue weighted by molar-refractivity contribution is 0.592. The van der Waals surface area contributed by atoms with Gasteiger partial charge in [-0.25, -0.2) is 0 Å². The maximum atomic E-state index is 6.70. The van der Waals surface area contributed by atoms with Crippen LogP contribution in [-0.2, 0) is 0 Å². The molecular formula is C32H17BN2O. The Morgan fingerprint density at radius 2 is 1.14 bits per heavy atom. The maximum Gasteiger partial charge on any atom is 0.257 e. The van der Waals surface area contributed by atoms with Gasteiger partial charge in [0, 0.05) is 38.1 Å². The highest BCUT2D eigenvalue weighted by atomic mass is 16.4. The van der Waals surface area contributed by atoms with Crippen LogP contribution in [0.1, 0.15) is 0 Å². The van der Waals surface area contributed by atoms with Gasteiger partial charge in [0.05, 0.1) is 22.1 Å². The van der Waals surface area contributed by atoms with E-state index < -0.39 is 0 Å². The summed E-state index contributed by atoms with van der Waals surface area (Å²) in [6.45, 7) is 0.111. The Kier molecular flexibility index (Phi) is 2.82. The Morgan fingerprint density at radius 3 is 1.94 bits per heavy atom. The SMILES string of the molecule is c1ccc2c(c1)B1c3c(oc4ccccc34)-n3c4ccccc4c4cc5c6ccccc6n-2c5c1c43. The fraction of sp³-hybridized carbons (Fsp3) is 0. The number of benzene rings is 5. The zero-order valence-electron chi connectivity index (χ0n) is 19.2. The first kappa shape index (κ1) is 17.7. The molecule has 0 atom stereocenters. The molecule has 2 aliphatic rings. The molecule has 0 bridgehead atoms. The lowest BCUT2D eigenvalue weighted by Gasteiger charge is -2.30. The molecule has 0 saturated carbocycles. The van der Waals surface area contributed by atoms with Crippen molar-refractivity contribution in [3.05, 3.63) is 103 Å². The maximum absolute atomic E-state index is 6.70. The third kappa shape index (κ3) is 1.77. The van der Waals surface area contributed by atoms with Crippen LogP contribution in [0.4, 0.5) is 0 Å². The molecule has 8 aromatic rings. The summed E-state index contributed by atoms with van der Waals surface area (Å²) in [5.41, 5.74) is 11.3. The van der Waals surface area contributed by atoms with Gasteiger partial charge in [-0.2, -0.15) is 0 Å². The fourth-order valence-electron chi connectivity index (χ4n) is 7.23. The normalized spacial score (nSPS) is 13.5. The lowest BCUT2D eigenvalue weighted by atomic mass is 9.34. The molecule has 0 radical (unpaired) electrons. The number of hydrogen-bond donors (Lipinski definition) is 0.